The van der Waals surface area contributed by atoms with E-state index in [-0.39, 0.29) is 35.4 Å². The summed E-state index contributed by atoms with van der Waals surface area (Å²) in [6.45, 7) is 14.8. The molecule has 2 aromatic heterocycles. The van der Waals surface area contributed by atoms with Crippen LogP contribution in [0, 0.1) is 6.92 Å². The largest absolute Gasteiger partial charge is 0.417 e. The molecule has 3 rings (SSSR count). The first-order valence-corrected chi connectivity index (χ1v) is 11.9. The Morgan fingerprint density at radius 3 is 2.46 bits per heavy atom. The van der Waals surface area contributed by atoms with Crippen LogP contribution < -0.4 is 10.6 Å². The minimum Gasteiger partial charge on any atom is -0.382 e. The van der Waals surface area contributed by atoms with Crippen molar-refractivity contribution < 1.29 is 18.0 Å². The summed E-state index contributed by atoms with van der Waals surface area (Å²) in [7, 11) is 3.78. The molecular weight excluding hydrogens is 481 g/mol. The third-order valence-corrected chi connectivity index (χ3v) is 6.26. The predicted molar refractivity (Wildman–Crippen MR) is 141 cm³/mol. The van der Waals surface area contributed by atoms with E-state index in [4.69, 9.17) is 0 Å². The van der Waals surface area contributed by atoms with Gasteiger partial charge in [0.25, 0.3) is 5.91 Å². The predicted octanol–water partition coefficient (Wildman–Crippen LogP) is 4.44. The Hall–Kier alpha value is -3.66. The second-order valence-corrected chi connectivity index (χ2v) is 9.15. The van der Waals surface area contributed by atoms with E-state index < -0.39 is 11.7 Å². The van der Waals surface area contributed by atoms with Crippen molar-refractivity contribution in [2.75, 3.05) is 26.7 Å². The van der Waals surface area contributed by atoms with Gasteiger partial charge in [0.1, 0.15) is 0 Å². The molecule has 0 radical (unpaired) electrons. The fraction of sp³-hybridized carbons (Fsp3) is 0.370. The van der Waals surface area contributed by atoms with Gasteiger partial charge in [0.15, 0.2) is 0 Å². The van der Waals surface area contributed by atoms with Gasteiger partial charge < -0.3 is 15.5 Å². The van der Waals surface area contributed by atoms with Crippen molar-refractivity contribution in [2.24, 2.45) is 7.05 Å². The summed E-state index contributed by atoms with van der Waals surface area (Å²) in [5, 5.41) is 10.3. The van der Waals surface area contributed by atoms with E-state index in [9.17, 15) is 18.0 Å². The number of alkyl halides is 3. The fourth-order valence-corrected chi connectivity index (χ4v) is 4.21. The molecule has 1 aliphatic rings. The number of halogens is 3. The van der Waals surface area contributed by atoms with E-state index in [0.29, 0.717) is 22.5 Å². The first kappa shape index (κ1) is 27.9. The molecule has 0 atom stereocenters. The summed E-state index contributed by atoms with van der Waals surface area (Å²) in [4.78, 5) is 18.8. The summed E-state index contributed by atoms with van der Waals surface area (Å²) in [5.74, 6) is -0.298. The van der Waals surface area contributed by atoms with Crippen LogP contribution in [0.2, 0.25) is 0 Å². The highest BCUT2D eigenvalue weighted by atomic mass is 19.4. The van der Waals surface area contributed by atoms with Gasteiger partial charge in [0.2, 0.25) is 0 Å². The Morgan fingerprint density at radius 2 is 1.89 bits per heavy atom. The second kappa shape index (κ2) is 11.6. The van der Waals surface area contributed by atoms with Crippen molar-refractivity contribution in [3.8, 4) is 0 Å². The number of allylic oxidation sites excluding steroid dienone is 1. The number of aryl methyl sites for hydroxylation is 2. The van der Waals surface area contributed by atoms with Crippen LogP contribution in [0.3, 0.4) is 0 Å². The van der Waals surface area contributed by atoms with Crippen LogP contribution in [-0.2, 0) is 7.05 Å². The number of amides is 1. The standard InChI is InChI=1S/C27H33F3N6O/c1-7-22-23(18(3)32-20-10-13-35(5)14-11-20)15-21(33-25(22)17(2)27(28,29)30)9-8-12-31-26(37)24-16-36(6)34-19(24)4/h7-9,15-16,20,32H,1-3,10-14H2,4-6H3,(H,31,37)/b9-8+. The monoisotopic (exact) mass is 514 g/mol. The zero-order valence-corrected chi connectivity index (χ0v) is 21.5. The number of carbonyl (C=O) groups excluding carboxylic acids is 1. The summed E-state index contributed by atoms with van der Waals surface area (Å²) in [6, 6.07) is 1.83. The van der Waals surface area contributed by atoms with Gasteiger partial charge in [-0.1, -0.05) is 31.9 Å². The minimum atomic E-state index is -4.66. The SMILES string of the molecule is C=Cc1c(C(=C)NC2CCN(C)CC2)cc(/C=C/CNC(=O)c2cn(C)nc2C)nc1C(=C)C(F)(F)F. The molecule has 0 aliphatic carbocycles. The molecule has 2 N–H and O–H groups in total. The van der Waals surface area contributed by atoms with Gasteiger partial charge in [-0.15, -0.1) is 0 Å². The van der Waals surface area contributed by atoms with Crippen molar-refractivity contribution in [1.82, 2.24) is 30.3 Å². The zero-order valence-electron chi connectivity index (χ0n) is 21.5. The number of nitrogens with one attached hydrogen (secondary N) is 2. The average molecular weight is 515 g/mol. The Balaban J connectivity index is 1.86. The number of likely N-dealkylation sites (tertiary alicyclic amines) is 1. The molecule has 3 heterocycles. The Morgan fingerprint density at radius 1 is 1.22 bits per heavy atom. The van der Waals surface area contributed by atoms with Gasteiger partial charge in [0.05, 0.1) is 28.2 Å². The molecule has 1 aliphatic heterocycles. The lowest BCUT2D eigenvalue weighted by Gasteiger charge is -2.31. The van der Waals surface area contributed by atoms with Crippen LogP contribution in [0.4, 0.5) is 13.2 Å². The summed E-state index contributed by atoms with van der Waals surface area (Å²) in [6.07, 6.45) is 3.28. The van der Waals surface area contributed by atoms with Crippen LogP contribution in [0.5, 0.6) is 0 Å². The highest BCUT2D eigenvalue weighted by Gasteiger charge is 2.35. The first-order valence-electron chi connectivity index (χ1n) is 11.9. The molecule has 0 saturated carbocycles. The van der Waals surface area contributed by atoms with Crippen LogP contribution in [-0.4, -0.2) is 64.5 Å². The Labute approximate surface area is 215 Å². The Kier molecular flexibility index (Phi) is 8.75. The molecule has 37 heavy (non-hydrogen) atoms. The minimum absolute atomic E-state index is 0.151. The second-order valence-electron chi connectivity index (χ2n) is 9.15. The van der Waals surface area contributed by atoms with Crippen LogP contribution >= 0.6 is 0 Å². The van der Waals surface area contributed by atoms with Gasteiger partial charge in [-0.25, -0.2) is 4.98 Å². The van der Waals surface area contributed by atoms with Crippen molar-refractivity contribution in [1.29, 1.82) is 0 Å². The number of hydrogen-bond acceptors (Lipinski definition) is 5. The van der Waals surface area contributed by atoms with E-state index in [1.54, 1.807) is 43.1 Å². The van der Waals surface area contributed by atoms with Crippen LogP contribution in [0.15, 0.2) is 38.1 Å². The third-order valence-electron chi connectivity index (χ3n) is 6.26. The van der Waals surface area contributed by atoms with E-state index in [2.05, 4.69) is 52.4 Å². The molecule has 1 fully saturated rings. The summed E-state index contributed by atoms with van der Waals surface area (Å²) < 4.78 is 42.4. The zero-order chi connectivity index (χ0) is 27.3. The normalized spacial score (nSPS) is 15.1. The lowest BCUT2D eigenvalue weighted by molar-refractivity contribution is -0.0689. The van der Waals surface area contributed by atoms with E-state index in [1.165, 1.54) is 6.08 Å². The summed E-state index contributed by atoms with van der Waals surface area (Å²) >= 11 is 0. The molecule has 2 aromatic rings. The maximum absolute atomic E-state index is 13.6. The lowest BCUT2D eigenvalue weighted by atomic mass is 9.97. The number of hydrogen-bond donors (Lipinski definition) is 2. The van der Waals surface area contributed by atoms with Crippen LogP contribution in [0.1, 0.15) is 51.4 Å². The van der Waals surface area contributed by atoms with E-state index in [1.807, 2.05) is 0 Å². The van der Waals surface area contributed by atoms with Gasteiger partial charge in [-0.05, 0) is 52.0 Å². The quantitative estimate of drug-likeness (QED) is 0.518. The smallest absolute Gasteiger partial charge is 0.382 e. The maximum atomic E-state index is 13.6. The fourth-order valence-electron chi connectivity index (χ4n) is 4.21. The molecule has 7 nitrogen and oxygen atoms in total. The number of carbonyl (C=O) groups is 1. The highest BCUT2D eigenvalue weighted by Crippen LogP contribution is 2.36. The third kappa shape index (κ3) is 6.97. The molecule has 0 unspecified atom stereocenters. The number of nitrogens with zero attached hydrogens (tertiary/aromatic N) is 4. The van der Waals surface area contributed by atoms with Crippen molar-refractivity contribution >= 4 is 29.3 Å². The topological polar surface area (TPSA) is 75.1 Å². The van der Waals surface area contributed by atoms with Gasteiger partial charge in [-0.2, -0.15) is 18.3 Å². The first-order chi connectivity index (χ1) is 17.4. The van der Waals surface area contributed by atoms with Crippen molar-refractivity contribution in [3.63, 3.8) is 0 Å². The Bertz CT molecular complexity index is 1220. The molecule has 198 valence electrons. The molecule has 1 saturated heterocycles. The van der Waals surface area contributed by atoms with Crippen LogP contribution in [0.25, 0.3) is 23.4 Å². The molecule has 1 amide bonds. The molecule has 0 aromatic carbocycles. The number of piperidine rings is 1. The number of pyridine rings is 1. The van der Waals surface area contributed by atoms with Gasteiger partial charge in [0, 0.05) is 42.7 Å². The maximum Gasteiger partial charge on any atom is 0.417 e. The van der Waals surface area contributed by atoms with Gasteiger partial charge >= 0.3 is 6.18 Å². The van der Waals surface area contributed by atoms with Crippen molar-refractivity contribution in [2.45, 2.75) is 32.0 Å². The average Bonchev–Trinajstić information content (AvgIpc) is 3.19. The van der Waals surface area contributed by atoms with E-state index >= 15 is 0 Å². The lowest BCUT2D eigenvalue weighted by Crippen LogP contribution is -2.40. The highest BCUT2D eigenvalue weighted by molar-refractivity contribution is 5.95. The molecule has 10 heteroatoms. The molecule has 0 spiro atoms. The summed E-state index contributed by atoms with van der Waals surface area (Å²) in [5.41, 5.74) is 1.14. The van der Waals surface area contributed by atoms with Gasteiger partial charge in [-0.3, -0.25) is 9.48 Å². The molecular formula is C27H33F3N6O. The number of rotatable bonds is 9. The van der Waals surface area contributed by atoms with E-state index in [0.717, 1.165) is 25.9 Å². The number of aromatic nitrogens is 3. The molecule has 0 bridgehead atoms. The van der Waals surface area contributed by atoms with Crippen molar-refractivity contribution in [3.05, 3.63) is 71.8 Å².